The van der Waals surface area contributed by atoms with Gasteiger partial charge in [-0.2, -0.15) is 0 Å². The molecular formula is C11H9ClFN3O. The second kappa shape index (κ2) is 4.65. The van der Waals surface area contributed by atoms with Crippen molar-refractivity contribution in [2.45, 2.75) is 6.04 Å². The summed E-state index contributed by atoms with van der Waals surface area (Å²) in [5, 5.41) is 9.38. The molecule has 0 amide bonds. The fourth-order valence-corrected chi connectivity index (χ4v) is 1.69. The van der Waals surface area contributed by atoms with Gasteiger partial charge in [-0.3, -0.25) is 4.98 Å². The fourth-order valence-electron chi connectivity index (χ4n) is 1.47. The van der Waals surface area contributed by atoms with Gasteiger partial charge in [0.2, 0.25) is 0 Å². The molecule has 1 unspecified atom stereocenters. The normalized spacial score (nSPS) is 12.4. The van der Waals surface area contributed by atoms with Crippen molar-refractivity contribution in [2.24, 2.45) is 5.73 Å². The number of nitrogens with two attached hydrogens (primary N) is 1. The lowest BCUT2D eigenvalue weighted by atomic mass is 10.0. The van der Waals surface area contributed by atoms with Crippen molar-refractivity contribution in [3.63, 3.8) is 0 Å². The summed E-state index contributed by atoms with van der Waals surface area (Å²) in [4.78, 5) is 7.77. The summed E-state index contributed by atoms with van der Waals surface area (Å²) in [6.45, 7) is 0. The van der Waals surface area contributed by atoms with Gasteiger partial charge in [-0.15, -0.1) is 0 Å². The zero-order chi connectivity index (χ0) is 12.4. The number of aromatic hydroxyl groups is 1. The minimum atomic E-state index is -0.872. The molecule has 0 aliphatic carbocycles. The number of aromatic nitrogens is 2. The maximum absolute atomic E-state index is 13.6. The molecule has 0 bridgehead atoms. The molecule has 1 aromatic heterocycles. The molecule has 2 rings (SSSR count). The summed E-state index contributed by atoms with van der Waals surface area (Å²) in [7, 11) is 0. The fraction of sp³-hybridized carbons (Fsp3) is 0.0909. The molecule has 0 aliphatic heterocycles. The van der Waals surface area contributed by atoms with Crippen molar-refractivity contribution in [1.82, 2.24) is 9.97 Å². The Balaban J connectivity index is 2.48. The van der Waals surface area contributed by atoms with Gasteiger partial charge < -0.3 is 10.8 Å². The highest BCUT2D eigenvalue weighted by Gasteiger charge is 2.19. The smallest absolute Gasteiger partial charge is 0.169 e. The predicted molar refractivity (Wildman–Crippen MR) is 61.1 cm³/mol. The lowest BCUT2D eigenvalue weighted by molar-refractivity contribution is 0.427. The molecule has 0 fully saturated rings. The monoisotopic (exact) mass is 253 g/mol. The molecule has 17 heavy (non-hydrogen) atoms. The van der Waals surface area contributed by atoms with Crippen molar-refractivity contribution in [2.75, 3.05) is 0 Å². The average Bonchev–Trinajstić information content (AvgIpc) is 2.32. The van der Waals surface area contributed by atoms with Gasteiger partial charge in [-0.1, -0.05) is 23.7 Å². The molecule has 0 radical (unpaired) electrons. The summed E-state index contributed by atoms with van der Waals surface area (Å²) in [6, 6.07) is 3.33. The Morgan fingerprint density at radius 1 is 1.29 bits per heavy atom. The lowest BCUT2D eigenvalue weighted by Gasteiger charge is -2.13. The van der Waals surface area contributed by atoms with Gasteiger partial charge in [0.05, 0.1) is 11.7 Å². The van der Waals surface area contributed by atoms with E-state index in [-0.39, 0.29) is 16.4 Å². The van der Waals surface area contributed by atoms with E-state index in [0.29, 0.717) is 0 Å². The predicted octanol–water partition coefficient (Wildman–Crippen LogP) is 2.02. The van der Waals surface area contributed by atoms with E-state index in [1.807, 2.05) is 0 Å². The number of rotatable bonds is 2. The molecule has 0 saturated heterocycles. The third-order valence-electron chi connectivity index (χ3n) is 2.32. The van der Waals surface area contributed by atoms with Crippen LogP contribution in [0.5, 0.6) is 5.75 Å². The lowest BCUT2D eigenvalue weighted by Crippen LogP contribution is -2.16. The number of halogens is 2. The highest BCUT2D eigenvalue weighted by atomic mass is 35.5. The van der Waals surface area contributed by atoms with Gasteiger partial charge in [0.15, 0.2) is 16.7 Å². The van der Waals surface area contributed by atoms with E-state index in [9.17, 15) is 9.50 Å². The number of hydrogen-bond donors (Lipinski definition) is 2. The van der Waals surface area contributed by atoms with Gasteiger partial charge in [0.1, 0.15) is 0 Å². The summed E-state index contributed by atoms with van der Waals surface area (Å²) in [5.41, 5.74) is 6.23. The van der Waals surface area contributed by atoms with E-state index in [4.69, 9.17) is 17.3 Å². The van der Waals surface area contributed by atoms with Gasteiger partial charge in [-0.05, 0) is 6.07 Å². The summed E-state index contributed by atoms with van der Waals surface area (Å²) in [5.74, 6) is -1.24. The van der Waals surface area contributed by atoms with E-state index in [1.54, 1.807) is 0 Å². The van der Waals surface area contributed by atoms with Crippen LogP contribution < -0.4 is 5.73 Å². The maximum Gasteiger partial charge on any atom is 0.169 e. The molecule has 4 nitrogen and oxygen atoms in total. The van der Waals surface area contributed by atoms with Gasteiger partial charge >= 0.3 is 0 Å². The third-order valence-corrected chi connectivity index (χ3v) is 2.61. The first-order valence-electron chi connectivity index (χ1n) is 4.80. The molecule has 0 spiro atoms. The number of phenolic OH excluding ortho intramolecular Hbond substituents is 1. The number of hydrogen-bond acceptors (Lipinski definition) is 4. The van der Waals surface area contributed by atoms with E-state index < -0.39 is 17.6 Å². The first kappa shape index (κ1) is 11.8. The highest BCUT2D eigenvalue weighted by molar-refractivity contribution is 6.30. The van der Waals surface area contributed by atoms with Crippen LogP contribution in [0.15, 0.2) is 30.6 Å². The van der Waals surface area contributed by atoms with Crippen molar-refractivity contribution < 1.29 is 9.50 Å². The Hall–Kier alpha value is -1.72. The Labute approximate surface area is 102 Å². The number of phenols is 1. The zero-order valence-corrected chi connectivity index (χ0v) is 9.39. The third kappa shape index (κ3) is 2.20. The van der Waals surface area contributed by atoms with Crippen LogP contribution >= 0.6 is 11.6 Å². The minimum absolute atomic E-state index is 0.114. The van der Waals surface area contributed by atoms with Gasteiger partial charge in [0.25, 0.3) is 0 Å². The molecule has 0 aliphatic rings. The van der Waals surface area contributed by atoms with Crippen LogP contribution in [0.2, 0.25) is 5.15 Å². The van der Waals surface area contributed by atoms with Crippen LogP contribution in [0.25, 0.3) is 0 Å². The highest BCUT2D eigenvalue weighted by Crippen LogP contribution is 2.28. The average molecular weight is 254 g/mol. The minimum Gasteiger partial charge on any atom is -0.505 e. The summed E-state index contributed by atoms with van der Waals surface area (Å²) < 4.78 is 13.6. The van der Waals surface area contributed by atoms with E-state index in [0.717, 1.165) is 0 Å². The summed E-state index contributed by atoms with van der Waals surface area (Å²) in [6.07, 6.45) is 2.83. The van der Waals surface area contributed by atoms with Crippen LogP contribution in [0, 0.1) is 5.82 Å². The molecule has 6 heteroatoms. The molecule has 0 saturated carbocycles. The van der Waals surface area contributed by atoms with Crippen molar-refractivity contribution in [3.05, 3.63) is 52.8 Å². The summed E-state index contributed by atoms with van der Waals surface area (Å²) >= 11 is 5.82. The Kier molecular flexibility index (Phi) is 3.21. The van der Waals surface area contributed by atoms with Crippen molar-refractivity contribution in [1.29, 1.82) is 0 Å². The first-order valence-corrected chi connectivity index (χ1v) is 5.18. The van der Waals surface area contributed by atoms with Crippen molar-refractivity contribution in [3.8, 4) is 5.75 Å². The molecule has 1 aromatic carbocycles. The number of nitrogens with zero attached hydrogens (tertiary/aromatic N) is 2. The Morgan fingerprint density at radius 2 is 2.00 bits per heavy atom. The van der Waals surface area contributed by atoms with Gasteiger partial charge in [-0.25, -0.2) is 9.37 Å². The van der Waals surface area contributed by atoms with E-state index in [2.05, 4.69) is 9.97 Å². The second-order valence-corrected chi connectivity index (χ2v) is 3.75. The zero-order valence-electron chi connectivity index (χ0n) is 8.64. The molecule has 3 N–H and O–H groups in total. The standard InChI is InChI=1S/C11H9ClFN3O/c12-11-10(15-4-5-16-11)9(14)6-2-1-3-7(17)8(6)13/h1-5,9,17H,14H2. The Bertz CT molecular complexity index is 550. The molecule has 1 atom stereocenters. The number of benzene rings is 1. The van der Waals surface area contributed by atoms with E-state index in [1.165, 1.54) is 30.6 Å². The van der Waals surface area contributed by atoms with E-state index >= 15 is 0 Å². The topological polar surface area (TPSA) is 72.0 Å². The molecule has 1 heterocycles. The molecule has 2 aromatic rings. The van der Waals surface area contributed by atoms with Crippen LogP contribution in [0.1, 0.15) is 17.3 Å². The van der Waals surface area contributed by atoms with Crippen LogP contribution in [0.4, 0.5) is 4.39 Å². The van der Waals surface area contributed by atoms with Crippen LogP contribution in [-0.2, 0) is 0 Å². The maximum atomic E-state index is 13.6. The largest absolute Gasteiger partial charge is 0.505 e. The van der Waals surface area contributed by atoms with Crippen molar-refractivity contribution >= 4 is 11.6 Å². The Morgan fingerprint density at radius 3 is 2.71 bits per heavy atom. The van der Waals surface area contributed by atoms with Crippen LogP contribution in [0.3, 0.4) is 0 Å². The molecule has 88 valence electrons. The second-order valence-electron chi connectivity index (χ2n) is 3.39. The SMILES string of the molecule is NC(c1cccc(O)c1F)c1nccnc1Cl. The molecular weight excluding hydrogens is 245 g/mol. The quantitative estimate of drug-likeness (QED) is 0.859. The van der Waals surface area contributed by atoms with Gasteiger partial charge in [0, 0.05) is 18.0 Å². The first-order chi connectivity index (χ1) is 8.11. The van der Waals surface area contributed by atoms with Crippen LogP contribution in [-0.4, -0.2) is 15.1 Å².